The zero-order valence-electron chi connectivity index (χ0n) is 9.71. The first-order valence-electron chi connectivity index (χ1n) is 5.62. The molecule has 0 bridgehead atoms. The molecular weight excluding hydrogens is 227 g/mol. The van der Waals surface area contributed by atoms with Gasteiger partial charge in [0.25, 0.3) is 0 Å². The molecule has 1 aromatic carbocycles. The van der Waals surface area contributed by atoms with Gasteiger partial charge in [-0.05, 0) is 42.9 Å². The molecule has 1 rings (SSSR count). The molecule has 0 aliphatic rings. The summed E-state index contributed by atoms with van der Waals surface area (Å²) in [5.74, 6) is 0.00148. The number of aryl methyl sites for hydroxylation is 1. The largest absolute Gasteiger partial charge is 0.393 e. The number of benzene rings is 1. The molecule has 0 aliphatic carbocycles. The lowest BCUT2D eigenvalue weighted by Gasteiger charge is -2.13. The Kier molecular flexibility index (Phi) is 5.23. The predicted octanol–water partition coefficient (Wildman–Crippen LogP) is 3.82. The van der Waals surface area contributed by atoms with Gasteiger partial charge in [-0.1, -0.05) is 31.5 Å². The maximum absolute atomic E-state index is 13.4. The van der Waals surface area contributed by atoms with Crippen LogP contribution in [0.3, 0.4) is 0 Å². The summed E-state index contributed by atoms with van der Waals surface area (Å²) in [6.45, 7) is 3.96. The molecule has 1 atom stereocenters. The average Bonchev–Trinajstić information content (AvgIpc) is 2.20. The van der Waals surface area contributed by atoms with Crippen molar-refractivity contribution in [3.8, 4) is 0 Å². The fourth-order valence-corrected chi connectivity index (χ4v) is 1.72. The van der Waals surface area contributed by atoms with Crippen molar-refractivity contribution in [2.75, 3.05) is 0 Å². The Labute approximate surface area is 101 Å². The molecule has 1 nitrogen and oxygen atoms in total. The van der Waals surface area contributed by atoms with Crippen LogP contribution in [0.15, 0.2) is 18.2 Å². The molecule has 16 heavy (non-hydrogen) atoms. The number of halogens is 2. The van der Waals surface area contributed by atoms with E-state index in [2.05, 4.69) is 0 Å². The molecule has 0 spiro atoms. The van der Waals surface area contributed by atoms with Gasteiger partial charge >= 0.3 is 0 Å². The third kappa shape index (κ3) is 4.11. The predicted molar refractivity (Wildman–Crippen MR) is 65.2 cm³/mol. The smallest absolute Gasteiger partial charge is 0.127 e. The summed E-state index contributed by atoms with van der Waals surface area (Å²) in [6.07, 6.45) is 1.85. The number of rotatable bonds is 5. The van der Waals surface area contributed by atoms with E-state index in [1.807, 2.05) is 13.8 Å². The standard InChI is InChI=1S/C13H18ClFO/c1-9(2)13(16)5-3-4-10-6-7-11(14)8-12(10)15/h6-9,13,16H,3-5H2,1-2H3. The van der Waals surface area contributed by atoms with Gasteiger partial charge in [0.1, 0.15) is 5.82 Å². The topological polar surface area (TPSA) is 20.2 Å². The summed E-state index contributed by atoms with van der Waals surface area (Å²) in [4.78, 5) is 0. The highest BCUT2D eigenvalue weighted by Crippen LogP contribution is 2.17. The van der Waals surface area contributed by atoms with Gasteiger partial charge in [0.15, 0.2) is 0 Å². The Hall–Kier alpha value is -0.600. The van der Waals surface area contributed by atoms with Gasteiger partial charge in [-0.3, -0.25) is 0 Å². The second-order valence-electron chi connectivity index (χ2n) is 4.44. The highest BCUT2D eigenvalue weighted by molar-refractivity contribution is 6.30. The molecular formula is C13H18ClFO. The Morgan fingerprint density at radius 2 is 2.06 bits per heavy atom. The maximum atomic E-state index is 13.4. The quantitative estimate of drug-likeness (QED) is 0.835. The normalized spacial score (nSPS) is 13.1. The first-order valence-corrected chi connectivity index (χ1v) is 6.00. The number of aliphatic hydroxyl groups excluding tert-OH is 1. The molecule has 1 unspecified atom stereocenters. The zero-order valence-corrected chi connectivity index (χ0v) is 10.5. The van der Waals surface area contributed by atoms with E-state index < -0.39 is 0 Å². The van der Waals surface area contributed by atoms with Gasteiger partial charge in [-0.25, -0.2) is 4.39 Å². The van der Waals surface area contributed by atoms with E-state index in [4.69, 9.17) is 11.6 Å². The van der Waals surface area contributed by atoms with Crippen LogP contribution in [0.4, 0.5) is 4.39 Å². The van der Waals surface area contributed by atoms with Crippen LogP contribution in [0, 0.1) is 11.7 Å². The Balaban J connectivity index is 2.43. The molecule has 0 radical (unpaired) electrons. The molecule has 0 heterocycles. The zero-order chi connectivity index (χ0) is 12.1. The van der Waals surface area contributed by atoms with Gasteiger partial charge < -0.3 is 5.11 Å². The minimum Gasteiger partial charge on any atom is -0.393 e. The number of hydrogen-bond donors (Lipinski definition) is 1. The lowest BCUT2D eigenvalue weighted by Crippen LogP contribution is -2.14. The molecule has 1 aromatic rings. The monoisotopic (exact) mass is 244 g/mol. The molecule has 0 aromatic heterocycles. The van der Waals surface area contributed by atoms with Crippen molar-refractivity contribution in [3.63, 3.8) is 0 Å². The fourth-order valence-electron chi connectivity index (χ4n) is 1.56. The van der Waals surface area contributed by atoms with Crippen molar-refractivity contribution in [2.45, 2.75) is 39.2 Å². The van der Waals surface area contributed by atoms with Gasteiger partial charge in [-0.15, -0.1) is 0 Å². The summed E-state index contributed by atoms with van der Waals surface area (Å²) >= 11 is 5.66. The van der Waals surface area contributed by atoms with E-state index in [0.29, 0.717) is 23.4 Å². The van der Waals surface area contributed by atoms with E-state index in [0.717, 1.165) is 6.42 Å². The van der Waals surface area contributed by atoms with Crippen LogP contribution in [0.2, 0.25) is 5.02 Å². The van der Waals surface area contributed by atoms with Gasteiger partial charge in [-0.2, -0.15) is 0 Å². The number of hydrogen-bond acceptors (Lipinski definition) is 1. The third-order valence-electron chi connectivity index (χ3n) is 2.73. The van der Waals surface area contributed by atoms with Crippen LogP contribution < -0.4 is 0 Å². The Morgan fingerprint density at radius 1 is 1.38 bits per heavy atom. The summed E-state index contributed by atoms with van der Waals surface area (Å²) < 4.78 is 13.4. The lowest BCUT2D eigenvalue weighted by molar-refractivity contribution is 0.114. The molecule has 90 valence electrons. The van der Waals surface area contributed by atoms with E-state index >= 15 is 0 Å². The van der Waals surface area contributed by atoms with E-state index in [9.17, 15) is 9.50 Å². The molecule has 0 fully saturated rings. The van der Waals surface area contributed by atoms with E-state index in [1.165, 1.54) is 6.07 Å². The minimum atomic E-state index is -0.296. The molecule has 3 heteroatoms. The Bertz CT molecular complexity index is 339. The maximum Gasteiger partial charge on any atom is 0.127 e. The third-order valence-corrected chi connectivity index (χ3v) is 2.97. The van der Waals surface area contributed by atoms with Crippen molar-refractivity contribution in [1.29, 1.82) is 0 Å². The van der Waals surface area contributed by atoms with Crippen molar-refractivity contribution in [3.05, 3.63) is 34.6 Å². The molecule has 0 saturated carbocycles. The molecule has 0 aliphatic heterocycles. The first kappa shape index (κ1) is 13.5. The second kappa shape index (κ2) is 6.21. The lowest BCUT2D eigenvalue weighted by atomic mass is 9.99. The Morgan fingerprint density at radius 3 is 2.62 bits per heavy atom. The van der Waals surface area contributed by atoms with Crippen molar-refractivity contribution in [2.24, 2.45) is 5.92 Å². The average molecular weight is 245 g/mol. The SMILES string of the molecule is CC(C)C(O)CCCc1ccc(Cl)cc1F. The van der Waals surface area contributed by atoms with E-state index in [-0.39, 0.29) is 17.8 Å². The summed E-state index contributed by atoms with van der Waals surface area (Å²) in [7, 11) is 0. The van der Waals surface area contributed by atoms with Crippen LogP contribution in [0.5, 0.6) is 0 Å². The summed E-state index contributed by atoms with van der Waals surface area (Å²) in [5.41, 5.74) is 0.667. The van der Waals surface area contributed by atoms with Gasteiger partial charge in [0, 0.05) is 5.02 Å². The minimum absolute atomic E-state index is 0.258. The summed E-state index contributed by atoms with van der Waals surface area (Å²) in [5, 5.41) is 10.0. The van der Waals surface area contributed by atoms with Crippen LogP contribution >= 0.6 is 11.6 Å². The van der Waals surface area contributed by atoms with E-state index in [1.54, 1.807) is 12.1 Å². The first-order chi connectivity index (χ1) is 7.50. The van der Waals surface area contributed by atoms with Crippen molar-refractivity contribution >= 4 is 11.6 Å². The highest BCUT2D eigenvalue weighted by atomic mass is 35.5. The number of aliphatic hydroxyl groups is 1. The van der Waals surface area contributed by atoms with Crippen LogP contribution in [-0.2, 0) is 6.42 Å². The van der Waals surface area contributed by atoms with Crippen LogP contribution in [0.1, 0.15) is 32.3 Å². The molecule has 1 N–H and O–H groups in total. The van der Waals surface area contributed by atoms with Gasteiger partial charge in [0.05, 0.1) is 6.10 Å². The van der Waals surface area contributed by atoms with Crippen molar-refractivity contribution < 1.29 is 9.50 Å². The fraction of sp³-hybridized carbons (Fsp3) is 0.538. The van der Waals surface area contributed by atoms with Crippen LogP contribution in [-0.4, -0.2) is 11.2 Å². The summed E-state index contributed by atoms with van der Waals surface area (Å²) in [6, 6.07) is 4.73. The van der Waals surface area contributed by atoms with Gasteiger partial charge in [0.2, 0.25) is 0 Å². The van der Waals surface area contributed by atoms with Crippen LogP contribution in [0.25, 0.3) is 0 Å². The highest BCUT2D eigenvalue weighted by Gasteiger charge is 2.09. The van der Waals surface area contributed by atoms with Crippen molar-refractivity contribution in [1.82, 2.24) is 0 Å². The molecule has 0 saturated heterocycles. The molecule has 0 amide bonds. The second-order valence-corrected chi connectivity index (χ2v) is 4.88.